The van der Waals surface area contributed by atoms with Crippen LogP contribution < -0.4 is 0 Å². The predicted molar refractivity (Wildman–Crippen MR) is 234 cm³/mol. The molecule has 1 N–H and O–H groups in total. The predicted octanol–water partition coefficient (Wildman–Crippen LogP) is 12.2. The molecule has 8 heteroatoms. The van der Waals surface area contributed by atoms with E-state index in [1.165, 1.54) is 51.4 Å². The Morgan fingerprint density at radius 2 is 1.00 bits per heavy atom. The van der Waals surface area contributed by atoms with E-state index in [0.29, 0.717) is 19.3 Å². The standard InChI is InChI=1S/C48H83NO7/c1-6-8-10-12-14-16-18-20-21-22-23-24-25-27-29-31-33-35-37-39-47(51)56-44(42-54-41-40-45(48(52)53)49(3,4)5)43-55-46(50)38-36-34-32-30-28-26-19-17-15-13-11-9-7-2/h8,10,14,16-17,19-21,23-24,44-45H,6-7,9,11-13,15,18,22,25-43H2,1-5H3/p+1/b10-8-,16-14-,19-17-,21-20-,24-23-. The van der Waals surface area contributed by atoms with Crippen LogP contribution in [0.3, 0.4) is 0 Å². The number of carbonyl (C=O) groups excluding carboxylic acids is 2. The second kappa shape index (κ2) is 38.9. The zero-order valence-corrected chi connectivity index (χ0v) is 36.6. The van der Waals surface area contributed by atoms with Crippen molar-refractivity contribution in [1.29, 1.82) is 0 Å². The van der Waals surface area contributed by atoms with Crippen LogP contribution in [-0.2, 0) is 28.6 Å². The highest BCUT2D eigenvalue weighted by Crippen LogP contribution is 2.13. The summed E-state index contributed by atoms with van der Waals surface area (Å²) in [6.45, 7) is 4.58. The fourth-order valence-corrected chi connectivity index (χ4v) is 6.19. The van der Waals surface area contributed by atoms with Crippen molar-refractivity contribution in [2.75, 3.05) is 41.0 Å². The Morgan fingerprint density at radius 3 is 1.50 bits per heavy atom. The molecule has 0 spiro atoms. The van der Waals surface area contributed by atoms with Gasteiger partial charge in [-0.3, -0.25) is 9.59 Å². The highest BCUT2D eigenvalue weighted by Gasteiger charge is 2.31. The molecule has 8 nitrogen and oxygen atoms in total. The minimum atomic E-state index is -0.881. The lowest BCUT2D eigenvalue weighted by atomic mass is 10.1. The van der Waals surface area contributed by atoms with Crippen molar-refractivity contribution in [3.05, 3.63) is 60.8 Å². The van der Waals surface area contributed by atoms with Gasteiger partial charge >= 0.3 is 17.9 Å². The van der Waals surface area contributed by atoms with Gasteiger partial charge in [-0.05, 0) is 77.0 Å². The number of ether oxygens (including phenoxy) is 3. The molecule has 0 saturated carbocycles. The monoisotopic (exact) mass is 787 g/mol. The first-order valence-corrected chi connectivity index (χ1v) is 22.3. The van der Waals surface area contributed by atoms with Gasteiger partial charge in [-0.15, -0.1) is 0 Å². The molecule has 0 amide bonds. The van der Waals surface area contributed by atoms with Crippen LogP contribution in [0, 0.1) is 0 Å². The van der Waals surface area contributed by atoms with Gasteiger partial charge in [0.1, 0.15) is 6.61 Å². The second-order valence-corrected chi connectivity index (χ2v) is 15.9. The molecule has 56 heavy (non-hydrogen) atoms. The molecule has 0 aliphatic rings. The third-order valence-corrected chi connectivity index (χ3v) is 9.65. The maximum atomic E-state index is 12.7. The van der Waals surface area contributed by atoms with Crippen molar-refractivity contribution >= 4 is 17.9 Å². The van der Waals surface area contributed by atoms with Crippen LogP contribution in [0.15, 0.2) is 60.8 Å². The highest BCUT2D eigenvalue weighted by molar-refractivity contribution is 5.72. The van der Waals surface area contributed by atoms with Gasteiger partial charge in [0.15, 0.2) is 12.1 Å². The van der Waals surface area contributed by atoms with E-state index in [-0.39, 0.29) is 36.2 Å². The number of carboxylic acids is 1. The first-order valence-electron chi connectivity index (χ1n) is 22.3. The van der Waals surface area contributed by atoms with Gasteiger partial charge in [0.05, 0.1) is 34.4 Å². The number of likely N-dealkylation sites (N-methyl/N-ethyl adjacent to an activating group) is 1. The van der Waals surface area contributed by atoms with Crippen LogP contribution in [0.1, 0.15) is 174 Å². The maximum Gasteiger partial charge on any atom is 0.362 e. The van der Waals surface area contributed by atoms with Gasteiger partial charge in [0, 0.05) is 19.3 Å². The summed E-state index contributed by atoms with van der Waals surface area (Å²) < 4.78 is 17.3. The second-order valence-electron chi connectivity index (χ2n) is 15.9. The first kappa shape index (κ1) is 53.0. The van der Waals surface area contributed by atoms with Crippen molar-refractivity contribution < 1.29 is 38.2 Å². The quantitative estimate of drug-likeness (QED) is 0.0287. The molecule has 322 valence electrons. The van der Waals surface area contributed by atoms with Crippen molar-refractivity contribution in [3.63, 3.8) is 0 Å². The van der Waals surface area contributed by atoms with Crippen LogP contribution in [-0.4, -0.2) is 80.6 Å². The number of hydrogen-bond acceptors (Lipinski definition) is 6. The molecule has 2 atom stereocenters. The van der Waals surface area contributed by atoms with E-state index in [2.05, 4.69) is 74.6 Å². The number of carboxylic acid groups (broad SMARTS) is 1. The molecule has 0 radical (unpaired) electrons. The third-order valence-electron chi connectivity index (χ3n) is 9.65. The minimum absolute atomic E-state index is 0.0506. The summed E-state index contributed by atoms with van der Waals surface area (Å²) in [5.41, 5.74) is 0. The van der Waals surface area contributed by atoms with Crippen LogP contribution >= 0.6 is 0 Å². The summed E-state index contributed by atoms with van der Waals surface area (Å²) in [5.74, 6) is -1.50. The van der Waals surface area contributed by atoms with Crippen LogP contribution in [0.2, 0.25) is 0 Å². The first-order chi connectivity index (χ1) is 27.1. The SMILES string of the molecule is CC/C=C\C/C=C\C/C=C\C/C=C\CCCCCCCCC(=O)OC(COCCC(C(=O)O)[N+](C)(C)C)COC(=O)CCCCCCC/C=C\CCCCCC. The molecule has 0 heterocycles. The Kier molecular flexibility index (Phi) is 36.8. The summed E-state index contributed by atoms with van der Waals surface area (Å²) in [6, 6.07) is -0.620. The number of allylic oxidation sites excluding steroid dienone is 10. The van der Waals surface area contributed by atoms with Crippen molar-refractivity contribution in [2.24, 2.45) is 0 Å². The fraction of sp³-hybridized carbons (Fsp3) is 0.729. The summed E-state index contributed by atoms with van der Waals surface area (Å²) >= 11 is 0. The van der Waals surface area contributed by atoms with Gasteiger partial charge < -0.3 is 23.8 Å². The maximum absolute atomic E-state index is 12.7. The van der Waals surface area contributed by atoms with E-state index in [0.717, 1.165) is 89.9 Å². The smallest absolute Gasteiger partial charge is 0.362 e. The largest absolute Gasteiger partial charge is 0.477 e. The van der Waals surface area contributed by atoms with E-state index in [1.807, 2.05) is 21.1 Å². The number of rotatable bonds is 39. The molecule has 2 unspecified atom stereocenters. The molecule has 0 aliphatic heterocycles. The Morgan fingerprint density at radius 1 is 0.554 bits per heavy atom. The van der Waals surface area contributed by atoms with E-state index in [9.17, 15) is 19.5 Å². The topological polar surface area (TPSA) is 99.1 Å². The lowest BCUT2D eigenvalue weighted by Crippen LogP contribution is -2.50. The molecule has 0 fully saturated rings. The molecule has 0 aromatic heterocycles. The summed E-state index contributed by atoms with van der Waals surface area (Å²) in [4.78, 5) is 37.0. The molecular weight excluding hydrogens is 703 g/mol. The fourth-order valence-electron chi connectivity index (χ4n) is 6.19. The molecule has 0 bridgehead atoms. The van der Waals surface area contributed by atoms with E-state index < -0.39 is 18.1 Å². The van der Waals surface area contributed by atoms with Gasteiger partial charge in [-0.25, -0.2) is 4.79 Å². The van der Waals surface area contributed by atoms with Gasteiger partial charge in [0.2, 0.25) is 0 Å². The number of esters is 2. The third kappa shape index (κ3) is 36.7. The lowest BCUT2D eigenvalue weighted by Gasteiger charge is -2.31. The minimum Gasteiger partial charge on any atom is -0.477 e. The average molecular weight is 787 g/mol. The van der Waals surface area contributed by atoms with E-state index >= 15 is 0 Å². The molecule has 0 rings (SSSR count). The van der Waals surface area contributed by atoms with Gasteiger partial charge in [-0.2, -0.15) is 0 Å². The van der Waals surface area contributed by atoms with Gasteiger partial charge in [0.25, 0.3) is 0 Å². The molecular formula is C48H84NO7+. The molecule has 0 saturated heterocycles. The number of nitrogens with zero attached hydrogens (tertiary/aromatic N) is 1. The molecule has 0 aromatic rings. The zero-order valence-electron chi connectivity index (χ0n) is 36.6. The summed E-state index contributed by atoms with van der Waals surface area (Å²) in [6.07, 6.45) is 46.9. The number of carbonyl (C=O) groups is 3. The van der Waals surface area contributed by atoms with Crippen LogP contribution in [0.4, 0.5) is 0 Å². The number of quaternary nitrogens is 1. The molecule has 0 aliphatic carbocycles. The van der Waals surface area contributed by atoms with Crippen molar-refractivity contribution in [1.82, 2.24) is 0 Å². The van der Waals surface area contributed by atoms with E-state index in [4.69, 9.17) is 14.2 Å². The zero-order chi connectivity index (χ0) is 41.4. The van der Waals surface area contributed by atoms with E-state index in [1.54, 1.807) is 0 Å². The van der Waals surface area contributed by atoms with Gasteiger partial charge in [-0.1, -0.05) is 139 Å². The Labute approximate surface area is 343 Å². The van der Waals surface area contributed by atoms with Crippen LogP contribution in [0.25, 0.3) is 0 Å². The average Bonchev–Trinajstić information content (AvgIpc) is 3.15. The Balaban J connectivity index is 4.38. The van der Waals surface area contributed by atoms with Crippen molar-refractivity contribution in [3.8, 4) is 0 Å². The highest BCUT2D eigenvalue weighted by atomic mass is 16.6. The summed E-state index contributed by atoms with van der Waals surface area (Å²) in [5, 5.41) is 9.62. The number of aliphatic carboxylic acids is 1. The Bertz CT molecular complexity index is 1100. The van der Waals surface area contributed by atoms with Crippen molar-refractivity contribution in [2.45, 2.75) is 187 Å². The molecule has 0 aromatic carbocycles. The summed E-state index contributed by atoms with van der Waals surface area (Å²) in [7, 11) is 5.51. The normalized spacial score (nSPS) is 13.5. The number of unbranched alkanes of at least 4 members (excludes halogenated alkanes) is 15. The number of hydrogen-bond donors (Lipinski definition) is 1. The Hall–Kier alpha value is -2.97. The lowest BCUT2D eigenvalue weighted by molar-refractivity contribution is -0.887. The van der Waals surface area contributed by atoms with Crippen LogP contribution in [0.5, 0.6) is 0 Å².